The molecule has 0 aromatic heterocycles. The molecule has 3 N–H and O–H groups in total. The lowest BCUT2D eigenvalue weighted by Crippen LogP contribution is -2.49. The van der Waals surface area contributed by atoms with E-state index >= 15 is 0 Å². The zero-order valence-electron chi connectivity index (χ0n) is 19.3. The van der Waals surface area contributed by atoms with Crippen LogP contribution in [0, 0.1) is 5.82 Å². The molecule has 2 aliphatic rings. The van der Waals surface area contributed by atoms with E-state index in [2.05, 4.69) is 16.0 Å². The number of carbonyl (C=O) groups is 4. The van der Waals surface area contributed by atoms with Crippen molar-refractivity contribution in [1.82, 2.24) is 16.0 Å². The van der Waals surface area contributed by atoms with Crippen LogP contribution in [-0.2, 0) is 25.5 Å². The Balaban J connectivity index is 1.39. The second kappa shape index (κ2) is 11.4. The number of hydrogen-bond donors (Lipinski definition) is 3. The van der Waals surface area contributed by atoms with Gasteiger partial charge in [0.25, 0.3) is 11.1 Å². The molecule has 36 heavy (non-hydrogen) atoms. The monoisotopic (exact) mass is 513 g/mol. The van der Waals surface area contributed by atoms with Crippen LogP contribution in [0.4, 0.5) is 9.18 Å². The summed E-state index contributed by atoms with van der Waals surface area (Å²) in [6, 6.07) is 9.86. The van der Waals surface area contributed by atoms with Crippen LogP contribution in [0.2, 0.25) is 0 Å². The molecule has 0 saturated carbocycles. The van der Waals surface area contributed by atoms with Crippen molar-refractivity contribution in [2.45, 2.75) is 31.3 Å². The fourth-order valence-corrected chi connectivity index (χ4v) is 4.51. The molecule has 2 fully saturated rings. The first-order valence-electron chi connectivity index (χ1n) is 11.2. The number of imide groups is 1. The highest BCUT2D eigenvalue weighted by Crippen LogP contribution is 2.29. The number of hydrogen-bond acceptors (Lipinski definition) is 8. The molecule has 0 radical (unpaired) electrons. The Morgan fingerprint density at radius 3 is 2.56 bits per heavy atom. The Morgan fingerprint density at radius 1 is 1.19 bits per heavy atom. The second-order valence-electron chi connectivity index (χ2n) is 8.22. The van der Waals surface area contributed by atoms with Crippen molar-refractivity contribution in [2.24, 2.45) is 0 Å². The van der Waals surface area contributed by atoms with Gasteiger partial charge in [0.05, 0.1) is 18.1 Å². The van der Waals surface area contributed by atoms with Gasteiger partial charge in [0.15, 0.2) is 0 Å². The molecule has 11 heteroatoms. The lowest BCUT2D eigenvalue weighted by molar-refractivity contribution is -0.145. The van der Waals surface area contributed by atoms with Gasteiger partial charge in [-0.05, 0) is 67.1 Å². The SMILES string of the molecule is COC(=O)C(Cc1ccc(Oc2ccc(C=C3SC(=O)NC3=O)c(F)c2)cc1)NC(=O)C1CCCN1. The average molecular weight is 514 g/mol. The molecule has 2 unspecified atom stereocenters. The van der Waals surface area contributed by atoms with Crippen molar-refractivity contribution in [3.05, 3.63) is 64.3 Å². The molecule has 0 bridgehead atoms. The van der Waals surface area contributed by atoms with E-state index < -0.39 is 29.0 Å². The van der Waals surface area contributed by atoms with Gasteiger partial charge in [-0.2, -0.15) is 0 Å². The number of methoxy groups -OCH3 is 1. The molecule has 2 atom stereocenters. The summed E-state index contributed by atoms with van der Waals surface area (Å²) in [6.07, 6.45) is 3.17. The summed E-state index contributed by atoms with van der Waals surface area (Å²) < 4.78 is 25.1. The number of carbonyl (C=O) groups excluding carboxylic acids is 4. The maximum atomic E-state index is 14.5. The molecular weight excluding hydrogens is 489 g/mol. The number of thioether (sulfide) groups is 1. The minimum absolute atomic E-state index is 0.115. The van der Waals surface area contributed by atoms with E-state index in [-0.39, 0.29) is 34.6 Å². The van der Waals surface area contributed by atoms with Gasteiger partial charge >= 0.3 is 5.97 Å². The lowest BCUT2D eigenvalue weighted by atomic mass is 10.0. The van der Waals surface area contributed by atoms with Crippen LogP contribution in [0.5, 0.6) is 11.5 Å². The highest BCUT2D eigenvalue weighted by atomic mass is 32.2. The predicted octanol–water partition coefficient (Wildman–Crippen LogP) is 2.89. The van der Waals surface area contributed by atoms with Crippen molar-refractivity contribution in [3.8, 4) is 11.5 Å². The van der Waals surface area contributed by atoms with Crippen LogP contribution >= 0.6 is 11.8 Å². The van der Waals surface area contributed by atoms with E-state index in [9.17, 15) is 23.6 Å². The van der Waals surface area contributed by atoms with Crippen LogP contribution in [-0.4, -0.2) is 48.8 Å². The third-order valence-corrected chi connectivity index (χ3v) is 6.49. The maximum Gasteiger partial charge on any atom is 0.328 e. The number of halogens is 1. The maximum absolute atomic E-state index is 14.5. The van der Waals surface area contributed by atoms with E-state index in [4.69, 9.17) is 9.47 Å². The Bertz CT molecular complexity index is 1210. The summed E-state index contributed by atoms with van der Waals surface area (Å²) >= 11 is 0.710. The van der Waals surface area contributed by atoms with E-state index in [1.807, 2.05) is 0 Å². The van der Waals surface area contributed by atoms with Crippen LogP contribution in [0.15, 0.2) is 47.4 Å². The molecule has 2 saturated heterocycles. The van der Waals surface area contributed by atoms with Crippen molar-refractivity contribution in [1.29, 1.82) is 0 Å². The van der Waals surface area contributed by atoms with Crippen LogP contribution in [0.1, 0.15) is 24.0 Å². The van der Waals surface area contributed by atoms with Crippen molar-refractivity contribution >= 4 is 40.9 Å². The van der Waals surface area contributed by atoms with Gasteiger partial charge in [0.1, 0.15) is 23.4 Å². The first-order chi connectivity index (χ1) is 17.3. The van der Waals surface area contributed by atoms with Crippen molar-refractivity contribution < 1.29 is 33.0 Å². The molecule has 4 rings (SSSR count). The zero-order chi connectivity index (χ0) is 25.7. The minimum Gasteiger partial charge on any atom is -0.467 e. The third kappa shape index (κ3) is 6.29. The number of benzene rings is 2. The van der Waals surface area contributed by atoms with Crippen LogP contribution in [0.3, 0.4) is 0 Å². The number of ether oxygens (including phenoxy) is 2. The van der Waals surface area contributed by atoms with E-state index in [1.54, 1.807) is 30.3 Å². The fourth-order valence-electron chi connectivity index (χ4n) is 3.83. The van der Waals surface area contributed by atoms with Crippen molar-refractivity contribution in [2.75, 3.05) is 13.7 Å². The summed E-state index contributed by atoms with van der Waals surface area (Å²) in [5.74, 6) is -1.26. The summed E-state index contributed by atoms with van der Waals surface area (Å²) in [4.78, 5) is 47.7. The first-order valence-corrected chi connectivity index (χ1v) is 12.1. The number of esters is 1. The Labute approximate surface area is 210 Å². The van der Waals surface area contributed by atoms with Gasteiger partial charge in [-0.1, -0.05) is 12.1 Å². The molecule has 2 aliphatic heterocycles. The molecule has 2 heterocycles. The molecule has 2 aromatic rings. The van der Waals surface area contributed by atoms with Gasteiger partial charge in [-0.25, -0.2) is 9.18 Å². The lowest BCUT2D eigenvalue weighted by Gasteiger charge is -2.19. The highest BCUT2D eigenvalue weighted by molar-refractivity contribution is 8.18. The molecule has 188 valence electrons. The van der Waals surface area contributed by atoms with E-state index in [0.29, 0.717) is 17.5 Å². The smallest absolute Gasteiger partial charge is 0.328 e. The van der Waals surface area contributed by atoms with Crippen LogP contribution in [0.25, 0.3) is 6.08 Å². The molecule has 9 nitrogen and oxygen atoms in total. The average Bonchev–Trinajstić information content (AvgIpc) is 3.50. The summed E-state index contributed by atoms with van der Waals surface area (Å²) in [5, 5.41) is 7.48. The Hall–Kier alpha value is -3.70. The second-order valence-corrected chi connectivity index (χ2v) is 9.23. The number of amides is 3. The van der Waals surface area contributed by atoms with Crippen molar-refractivity contribution in [3.63, 3.8) is 0 Å². The first kappa shape index (κ1) is 25.4. The fraction of sp³-hybridized carbons (Fsp3) is 0.280. The summed E-state index contributed by atoms with van der Waals surface area (Å²) in [5.41, 5.74) is 0.918. The third-order valence-electron chi connectivity index (χ3n) is 5.68. The minimum atomic E-state index is -0.831. The molecular formula is C25H24FN3O6S. The predicted molar refractivity (Wildman–Crippen MR) is 131 cm³/mol. The normalized spacial score (nSPS) is 19.2. The summed E-state index contributed by atoms with van der Waals surface area (Å²) in [7, 11) is 1.27. The van der Waals surface area contributed by atoms with Crippen LogP contribution < -0.4 is 20.7 Å². The van der Waals surface area contributed by atoms with E-state index in [0.717, 1.165) is 24.9 Å². The highest BCUT2D eigenvalue weighted by Gasteiger charge is 2.28. The number of nitrogens with one attached hydrogen (secondary N) is 3. The van der Waals surface area contributed by atoms with Gasteiger partial charge in [0.2, 0.25) is 5.91 Å². The largest absolute Gasteiger partial charge is 0.467 e. The molecule has 3 amide bonds. The van der Waals surface area contributed by atoms with Gasteiger partial charge < -0.3 is 20.1 Å². The summed E-state index contributed by atoms with van der Waals surface area (Å²) in [6.45, 7) is 0.768. The Kier molecular flexibility index (Phi) is 8.01. The quantitative estimate of drug-likeness (QED) is 0.364. The molecule has 0 aliphatic carbocycles. The van der Waals surface area contributed by atoms with Gasteiger partial charge in [-0.3, -0.25) is 19.7 Å². The molecule has 0 spiro atoms. The topological polar surface area (TPSA) is 123 Å². The van der Waals surface area contributed by atoms with Gasteiger partial charge in [0, 0.05) is 18.1 Å². The van der Waals surface area contributed by atoms with Gasteiger partial charge in [-0.15, -0.1) is 0 Å². The Morgan fingerprint density at radius 2 is 1.94 bits per heavy atom. The molecule has 2 aromatic carbocycles. The zero-order valence-corrected chi connectivity index (χ0v) is 20.2. The number of rotatable bonds is 8. The standard InChI is InChI=1S/C25H24FN3O6S/c1-34-24(32)20(28-22(30)19-3-2-10-27-19)11-14-4-7-16(8-5-14)35-17-9-6-15(18(26)13-17)12-21-23(31)29-25(33)36-21/h4-9,12-13,19-20,27H,2-3,10-11H2,1H3,(H,28,30)(H,29,31,33). The van der Waals surface area contributed by atoms with E-state index in [1.165, 1.54) is 25.3 Å².